The fourth-order valence-corrected chi connectivity index (χ4v) is 3.48. The molecule has 0 saturated heterocycles. The lowest BCUT2D eigenvalue weighted by atomic mass is 10.1. The van der Waals surface area contributed by atoms with Gasteiger partial charge < -0.3 is 5.84 Å². The summed E-state index contributed by atoms with van der Waals surface area (Å²) >= 11 is 7.36. The minimum Gasteiger partial charge on any atom is -0.335 e. The van der Waals surface area contributed by atoms with Gasteiger partial charge >= 0.3 is 0 Å². The lowest BCUT2D eigenvalue weighted by molar-refractivity contribution is -0.385. The number of nitro groups is 1. The minimum absolute atomic E-state index is 0.104. The van der Waals surface area contributed by atoms with Crippen LogP contribution in [0.5, 0.6) is 0 Å². The molecule has 0 radical (unpaired) electrons. The summed E-state index contributed by atoms with van der Waals surface area (Å²) in [6, 6.07) is 12.2. The van der Waals surface area contributed by atoms with E-state index < -0.39 is 0 Å². The van der Waals surface area contributed by atoms with Crippen LogP contribution in [0.3, 0.4) is 0 Å². The number of hydrogen-bond donors (Lipinski definition) is 1. The van der Waals surface area contributed by atoms with Crippen molar-refractivity contribution >= 4 is 29.1 Å². The molecule has 2 N–H and O–H groups in total. The maximum Gasteiger partial charge on any atom is 0.272 e. The molecule has 0 spiro atoms. The van der Waals surface area contributed by atoms with E-state index in [9.17, 15) is 10.1 Å². The number of hydrogen-bond acceptors (Lipinski definition) is 6. The molecule has 0 aliphatic carbocycles. The van der Waals surface area contributed by atoms with Crippen LogP contribution in [0.25, 0.3) is 11.4 Å². The van der Waals surface area contributed by atoms with E-state index in [1.165, 1.54) is 22.5 Å². The van der Waals surface area contributed by atoms with Gasteiger partial charge in [0.1, 0.15) is 0 Å². The monoisotopic (exact) mass is 375 g/mol. The zero-order valence-electron chi connectivity index (χ0n) is 13.2. The molecule has 0 saturated carbocycles. The number of aromatic nitrogens is 3. The molecule has 128 valence electrons. The summed E-state index contributed by atoms with van der Waals surface area (Å²) in [7, 11) is 0. The fourth-order valence-electron chi connectivity index (χ4n) is 2.37. The van der Waals surface area contributed by atoms with Crippen molar-refractivity contribution < 1.29 is 4.92 Å². The minimum atomic E-state index is -0.383. The number of thioether (sulfide) groups is 1. The van der Waals surface area contributed by atoms with Gasteiger partial charge in [-0.15, -0.1) is 10.2 Å². The van der Waals surface area contributed by atoms with Crippen LogP contribution in [-0.4, -0.2) is 19.8 Å². The normalized spacial score (nSPS) is 10.8. The van der Waals surface area contributed by atoms with Gasteiger partial charge in [-0.3, -0.25) is 10.1 Å². The summed E-state index contributed by atoms with van der Waals surface area (Å²) < 4.78 is 1.39. The molecule has 1 heterocycles. The number of nitro benzene ring substituents is 1. The predicted molar refractivity (Wildman–Crippen MR) is 98.0 cm³/mol. The quantitative estimate of drug-likeness (QED) is 0.315. The topological polar surface area (TPSA) is 99.9 Å². The Balaban J connectivity index is 1.82. The van der Waals surface area contributed by atoms with Crippen molar-refractivity contribution in [1.29, 1.82) is 0 Å². The maximum absolute atomic E-state index is 11.0. The molecule has 7 nitrogen and oxygen atoms in total. The zero-order valence-corrected chi connectivity index (χ0v) is 14.8. The summed E-state index contributed by atoms with van der Waals surface area (Å²) in [5, 5.41) is 20.3. The summed E-state index contributed by atoms with van der Waals surface area (Å²) in [5.41, 5.74) is 2.36. The first-order chi connectivity index (χ1) is 12.0. The van der Waals surface area contributed by atoms with Gasteiger partial charge in [-0.1, -0.05) is 47.6 Å². The number of nitrogen functional groups attached to an aromatic ring is 1. The molecule has 0 aliphatic heterocycles. The average molecular weight is 376 g/mol. The summed E-state index contributed by atoms with van der Waals surface area (Å²) in [6.07, 6.45) is 0. The van der Waals surface area contributed by atoms with E-state index in [0.29, 0.717) is 27.3 Å². The Hall–Kier alpha value is -2.58. The molecule has 2 aromatic carbocycles. The molecule has 9 heteroatoms. The molecule has 3 rings (SSSR count). The second kappa shape index (κ2) is 7.12. The van der Waals surface area contributed by atoms with Gasteiger partial charge in [-0.25, -0.2) is 4.68 Å². The molecule has 3 aromatic rings. The third kappa shape index (κ3) is 3.59. The first kappa shape index (κ1) is 17.2. The summed E-state index contributed by atoms with van der Waals surface area (Å²) in [5.74, 6) is 7.08. The second-order valence-corrected chi connectivity index (χ2v) is 6.67. The largest absolute Gasteiger partial charge is 0.335 e. The predicted octanol–water partition coefficient (Wildman–Crippen LogP) is 3.82. The third-order valence-corrected chi connectivity index (χ3v) is 4.95. The van der Waals surface area contributed by atoms with Crippen LogP contribution in [0, 0.1) is 17.0 Å². The van der Waals surface area contributed by atoms with Gasteiger partial charge in [0.25, 0.3) is 5.69 Å². The van der Waals surface area contributed by atoms with Crippen molar-refractivity contribution in [3.63, 3.8) is 0 Å². The Bertz CT molecular complexity index is 944. The average Bonchev–Trinajstić information content (AvgIpc) is 2.94. The van der Waals surface area contributed by atoms with Gasteiger partial charge in [-0.2, -0.15) is 0 Å². The molecular weight excluding hydrogens is 362 g/mol. The van der Waals surface area contributed by atoms with Gasteiger partial charge in [0, 0.05) is 28.0 Å². The lowest BCUT2D eigenvalue weighted by Crippen LogP contribution is -2.11. The number of nitrogens with zero attached hydrogens (tertiary/aromatic N) is 4. The Morgan fingerprint density at radius 1 is 1.28 bits per heavy atom. The Kier molecular flexibility index (Phi) is 4.91. The van der Waals surface area contributed by atoms with Crippen LogP contribution in [0.4, 0.5) is 5.69 Å². The summed E-state index contributed by atoms with van der Waals surface area (Å²) in [6.45, 7) is 1.73. The van der Waals surface area contributed by atoms with Gasteiger partial charge in [0.05, 0.1) is 4.92 Å². The maximum atomic E-state index is 11.0. The third-order valence-electron chi connectivity index (χ3n) is 3.72. The van der Waals surface area contributed by atoms with E-state index >= 15 is 0 Å². The van der Waals surface area contributed by atoms with Gasteiger partial charge in [0.15, 0.2) is 5.82 Å². The van der Waals surface area contributed by atoms with Crippen molar-refractivity contribution in [3.8, 4) is 11.4 Å². The van der Waals surface area contributed by atoms with E-state index in [1.54, 1.807) is 25.1 Å². The first-order valence-corrected chi connectivity index (χ1v) is 8.66. The highest BCUT2D eigenvalue weighted by Crippen LogP contribution is 2.29. The number of rotatable bonds is 5. The molecule has 0 amide bonds. The highest BCUT2D eigenvalue weighted by molar-refractivity contribution is 7.98. The van der Waals surface area contributed by atoms with E-state index in [2.05, 4.69) is 10.2 Å². The van der Waals surface area contributed by atoms with E-state index in [-0.39, 0.29) is 10.6 Å². The Labute approximate surface area is 152 Å². The molecule has 0 aliphatic rings. The van der Waals surface area contributed by atoms with Crippen LogP contribution in [0.2, 0.25) is 5.02 Å². The molecule has 25 heavy (non-hydrogen) atoms. The Morgan fingerprint density at radius 2 is 2.04 bits per heavy atom. The number of nitrogens with two attached hydrogens (primary N) is 1. The van der Waals surface area contributed by atoms with Crippen molar-refractivity contribution in [2.75, 3.05) is 5.84 Å². The second-order valence-electron chi connectivity index (χ2n) is 5.29. The molecule has 0 unspecified atom stereocenters. The Morgan fingerprint density at radius 3 is 2.76 bits per heavy atom. The highest BCUT2D eigenvalue weighted by Gasteiger charge is 2.16. The van der Waals surface area contributed by atoms with Gasteiger partial charge in [-0.05, 0) is 24.6 Å². The first-order valence-electron chi connectivity index (χ1n) is 7.29. The van der Waals surface area contributed by atoms with Crippen LogP contribution >= 0.6 is 23.4 Å². The molecule has 0 bridgehead atoms. The smallest absolute Gasteiger partial charge is 0.272 e. The number of halogens is 1. The molecule has 0 fully saturated rings. The molecule has 0 atom stereocenters. The van der Waals surface area contributed by atoms with Crippen LogP contribution in [0.1, 0.15) is 11.1 Å². The van der Waals surface area contributed by atoms with Crippen molar-refractivity contribution in [1.82, 2.24) is 14.9 Å². The lowest BCUT2D eigenvalue weighted by Gasteiger charge is -2.06. The molecular formula is C16H14ClN5O2S. The van der Waals surface area contributed by atoms with Crippen molar-refractivity contribution in [2.45, 2.75) is 17.8 Å². The van der Waals surface area contributed by atoms with Gasteiger partial charge in [0.2, 0.25) is 5.16 Å². The van der Waals surface area contributed by atoms with E-state index in [4.69, 9.17) is 17.4 Å². The summed E-state index contributed by atoms with van der Waals surface area (Å²) in [4.78, 5) is 10.6. The van der Waals surface area contributed by atoms with E-state index in [1.807, 2.05) is 18.2 Å². The fraction of sp³-hybridized carbons (Fsp3) is 0.125. The van der Waals surface area contributed by atoms with Crippen LogP contribution in [-0.2, 0) is 5.75 Å². The van der Waals surface area contributed by atoms with Crippen molar-refractivity contribution in [3.05, 3.63) is 68.7 Å². The van der Waals surface area contributed by atoms with Crippen LogP contribution < -0.4 is 5.84 Å². The highest BCUT2D eigenvalue weighted by atomic mass is 35.5. The zero-order chi connectivity index (χ0) is 18.0. The molecule has 1 aromatic heterocycles. The van der Waals surface area contributed by atoms with Crippen LogP contribution in [0.15, 0.2) is 47.6 Å². The SMILES string of the molecule is Cc1c(CSc2nnc(-c3cccc(Cl)c3)n2N)cccc1[N+](=O)[O-]. The standard InChI is InChI=1S/C16H14ClN5O2S/c1-10-12(5-3-7-14(10)22(23)24)9-25-16-20-19-15(21(16)18)11-4-2-6-13(17)8-11/h2-8H,9,18H2,1H3. The van der Waals surface area contributed by atoms with Crippen molar-refractivity contribution in [2.24, 2.45) is 0 Å². The van der Waals surface area contributed by atoms with E-state index in [0.717, 1.165) is 11.1 Å². The number of benzene rings is 2.